The monoisotopic (exact) mass is 318 g/mol. The van der Waals surface area contributed by atoms with Crippen molar-refractivity contribution in [2.45, 2.75) is 6.43 Å². The van der Waals surface area contributed by atoms with Crippen LogP contribution in [-0.2, 0) is 0 Å². The Labute approximate surface area is 122 Å². The SMILES string of the molecule is O=C(O)c1cnc(-c2ccc(Cl)c(Cl)c2)nc1C(F)F. The van der Waals surface area contributed by atoms with Gasteiger partial charge in [0.05, 0.1) is 10.0 Å². The molecule has 0 aliphatic heterocycles. The van der Waals surface area contributed by atoms with Crippen molar-refractivity contribution in [3.63, 3.8) is 0 Å². The average Bonchev–Trinajstić information content (AvgIpc) is 2.41. The van der Waals surface area contributed by atoms with E-state index in [1.807, 2.05) is 0 Å². The van der Waals surface area contributed by atoms with Crippen LogP contribution in [0.15, 0.2) is 24.4 Å². The van der Waals surface area contributed by atoms with Crippen molar-refractivity contribution in [3.05, 3.63) is 45.7 Å². The molecule has 0 aliphatic carbocycles. The summed E-state index contributed by atoms with van der Waals surface area (Å²) in [6.07, 6.45) is -2.18. The highest BCUT2D eigenvalue weighted by Gasteiger charge is 2.21. The average molecular weight is 319 g/mol. The summed E-state index contributed by atoms with van der Waals surface area (Å²) < 4.78 is 25.7. The van der Waals surface area contributed by atoms with Gasteiger partial charge in [-0.05, 0) is 18.2 Å². The molecule has 2 rings (SSSR count). The zero-order valence-electron chi connectivity index (χ0n) is 9.65. The van der Waals surface area contributed by atoms with Crippen molar-refractivity contribution >= 4 is 29.2 Å². The van der Waals surface area contributed by atoms with Gasteiger partial charge in [-0.2, -0.15) is 0 Å². The first-order valence-electron chi connectivity index (χ1n) is 5.24. The summed E-state index contributed by atoms with van der Waals surface area (Å²) in [5.41, 5.74) is -1.12. The van der Waals surface area contributed by atoms with Crippen LogP contribution in [0.3, 0.4) is 0 Å². The zero-order chi connectivity index (χ0) is 14.9. The van der Waals surface area contributed by atoms with E-state index >= 15 is 0 Å². The summed E-state index contributed by atoms with van der Waals surface area (Å²) >= 11 is 11.6. The lowest BCUT2D eigenvalue weighted by Crippen LogP contribution is -2.08. The number of hydrogen-bond donors (Lipinski definition) is 1. The summed E-state index contributed by atoms with van der Waals surface area (Å²) in [4.78, 5) is 18.2. The Morgan fingerprint density at radius 1 is 1.25 bits per heavy atom. The first kappa shape index (κ1) is 14.6. The third kappa shape index (κ3) is 2.86. The lowest BCUT2D eigenvalue weighted by Gasteiger charge is -2.07. The first-order valence-corrected chi connectivity index (χ1v) is 5.99. The number of benzene rings is 1. The quantitative estimate of drug-likeness (QED) is 0.925. The second kappa shape index (κ2) is 5.68. The highest BCUT2D eigenvalue weighted by atomic mass is 35.5. The number of halogens is 4. The number of alkyl halides is 2. The van der Waals surface area contributed by atoms with Crippen LogP contribution in [-0.4, -0.2) is 21.0 Å². The van der Waals surface area contributed by atoms with Crippen LogP contribution in [0.2, 0.25) is 10.0 Å². The van der Waals surface area contributed by atoms with E-state index in [1.165, 1.54) is 18.2 Å². The topological polar surface area (TPSA) is 63.1 Å². The summed E-state index contributed by atoms with van der Waals surface area (Å²) in [5, 5.41) is 9.32. The minimum Gasteiger partial charge on any atom is -0.478 e. The maximum atomic E-state index is 12.8. The minimum absolute atomic E-state index is 0.0520. The molecular weight excluding hydrogens is 313 g/mol. The molecule has 20 heavy (non-hydrogen) atoms. The van der Waals surface area contributed by atoms with E-state index in [2.05, 4.69) is 9.97 Å². The van der Waals surface area contributed by atoms with Crippen LogP contribution in [0, 0.1) is 0 Å². The fraction of sp³-hybridized carbons (Fsp3) is 0.0833. The molecule has 0 radical (unpaired) electrons. The maximum absolute atomic E-state index is 12.8. The fourth-order valence-electron chi connectivity index (χ4n) is 1.50. The predicted octanol–water partition coefficient (Wildman–Crippen LogP) is 4.09. The maximum Gasteiger partial charge on any atom is 0.339 e. The van der Waals surface area contributed by atoms with E-state index in [-0.39, 0.29) is 10.8 Å². The molecule has 0 fully saturated rings. The number of carbonyl (C=O) groups is 1. The van der Waals surface area contributed by atoms with Gasteiger partial charge in [0.25, 0.3) is 6.43 Å². The van der Waals surface area contributed by atoms with Crippen LogP contribution in [0.4, 0.5) is 8.78 Å². The molecule has 0 bridgehead atoms. The van der Waals surface area contributed by atoms with Crippen LogP contribution < -0.4 is 0 Å². The number of aromatic carboxylic acids is 1. The highest BCUT2D eigenvalue weighted by molar-refractivity contribution is 6.42. The normalized spacial score (nSPS) is 10.8. The minimum atomic E-state index is -3.02. The van der Waals surface area contributed by atoms with E-state index in [1.54, 1.807) is 0 Å². The largest absolute Gasteiger partial charge is 0.478 e. The predicted molar refractivity (Wildman–Crippen MR) is 69.4 cm³/mol. The number of aromatic nitrogens is 2. The second-order valence-electron chi connectivity index (χ2n) is 3.73. The van der Waals surface area contributed by atoms with Gasteiger partial charge in [0, 0.05) is 11.8 Å². The highest BCUT2D eigenvalue weighted by Crippen LogP contribution is 2.28. The van der Waals surface area contributed by atoms with E-state index < -0.39 is 23.7 Å². The molecule has 1 N–H and O–H groups in total. The molecule has 2 aromatic rings. The summed E-state index contributed by atoms with van der Waals surface area (Å²) in [6, 6.07) is 4.38. The molecule has 0 saturated carbocycles. The van der Waals surface area contributed by atoms with Crippen molar-refractivity contribution in [2.24, 2.45) is 0 Å². The van der Waals surface area contributed by atoms with Crippen molar-refractivity contribution in [2.75, 3.05) is 0 Å². The summed E-state index contributed by atoms with van der Waals surface area (Å²) in [7, 11) is 0. The van der Waals surface area contributed by atoms with Gasteiger partial charge in [0.1, 0.15) is 11.3 Å². The van der Waals surface area contributed by atoms with Gasteiger partial charge in [-0.3, -0.25) is 0 Å². The van der Waals surface area contributed by atoms with Crippen molar-refractivity contribution in [3.8, 4) is 11.4 Å². The standard InChI is InChI=1S/C12H6Cl2F2N2O2/c13-7-2-1-5(3-8(7)14)11-17-4-6(12(19)20)9(18-11)10(15)16/h1-4,10H,(H,19,20). The zero-order valence-corrected chi connectivity index (χ0v) is 11.2. The number of carboxylic acids is 1. The molecule has 0 aliphatic rings. The lowest BCUT2D eigenvalue weighted by atomic mass is 10.2. The third-order valence-electron chi connectivity index (χ3n) is 2.43. The molecule has 1 aromatic heterocycles. The Morgan fingerprint density at radius 3 is 2.50 bits per heavy atom. The van der Waals surface area contributed by atoms with Gasteiger partial charge in [-0.15, -0.1) is 0 Å². The molecule has 4 nitrogen and oxygen atoms in total. The van der Waals surface area contributed by atoms with Crippen molar-refractivity contribution < 1.29 is 18.7 Å². The van der Waals surface area contributed by atoms with E-state index in [4.69, 9.17) is 28.3 Å². The Morgan fingerprint density at radius 2 is 1.95 bits per heavy atom. The molecule has 1 heterocycles. The fourth-order valence-corrected chi connectivity index (χ4v) is 1.80. The number of hydrogen-bond acceptors (Lipinski definition) is 3. The van der Waals surface area contributed by atoms with Gasteiger partial charge in [0.2, 0.25) is 0 Å². The number of rotatable bonds is 3. The van der Waals surface area contributed by atoms with Gasteiger partial charge >= 0.3 is 5.97 Å². The molecule has 0 atom stereocenters. The van der Waals surface area contributed by atoms with E-state index in [9.17, 15) is 13.6 Å². The molecule has 0 amide bonds. The Balaban J connectivity index is 2.55. The van der Waals surface area contributed by atoms with Gasteiger partial charge < -0.3 is 5.11 Å². The Bertz CT molecular complexity index is 681. The molecule has 0 spiro atoms. The molecule has 1 aromatic carbocycles. The molecule has 8 heteroatoms. The lowest BCUT2D eigenvalue weighted by molar-refractivity contribution is 0.0681. The number of nitrogens with zero attached hydrogens (tertiary/aromatic N) is 2. The van der Waals surface area contributed by atoms with E-state index in [0.717, 1.165) is 6.20 Å². The van der Waals surface area contributed by atoms with Crippen molar-refractivity contribution in [1.82, 2.24) is 9.97 Å². The van der Waals surface area contributed by atoms with Crippen LogP contribution >= 0.6 is 23.2 Å². The smallest absolute Gasteiger partial charge is 0.339 e. The van der Waals surface area contributed by atoms with Gasteiger partial charge in [0.15, 0.2) is 5.82 Å². The van der Waals surface area contributed by atoms with Crippen LogP contribution in [0.1, 0.15) is 22.5 Å². The second-order valence-corrected chi connectivity index (χ2v) is 4.54. The van der Waals surface area contributed by atoms with Crippen LogP contribution in [0.25, 0.3) is 11.4 Å². The summed E-state index contributed by atoms with van der Waals surface area (Å²) in [6.45, 7) is 0. The Hall–Kier alpha value is -1.79. The Kier molecular flexibility index (Phi) is 4.15. The van der Waals surface area contributed by atoms with Gasteiger partial charge in [-0.25, -0.2) is 23.5 Å². The molecule has 0 unspecified atom stereocenters. The number of carboxylic acid groups (broad SMARTS) is 1. The molecule has 104 valence electrons. The summed E-state index contributed by atoms with van der Waals surface area (Å²) in [5.74, 6) is -1.56. The third-order valence-corrected chi connectivity index (χ3v) is 3.17. The van der Waals surface area contributed by atoms with Gasteiger partial charge in [-0.1, -0.05) is 23.2 Å². The molecule has 0 saturated heterocycles. The van der Waals surface area contributed by atoms with Crippen molar-refractivity contribution in [1.29, 1.82) is 0 Å². The van der Waals surface area contributed by atoms with Crippen LogP contribution in [0.5, 0.6) is 0 Å². The van der Waals surface area contributed by atoms with E-state index in [0.29, 0.717) is 10.6 Å². The first-order chi connectivity index (χ1) is 9.40. The molecular formula is C12H6Cl2F2N2O2.